The molecule has 0 saturated carbocycles. The summed E-state index contributed by atoms with van der Waals surface area (Å²) in [7, 11) is 0. The highest BCUT2D eigenvalue weighted by Crippen LogP contribution is 2.11. The van der Waals surface area contributed by atoms with Crippen LogP contribution in [0.15, 0.2) is 23.5 Å². The lowest BCUT2D eigenvalue weighted by Gasteiger charge is -2.37. The van der Waals surface area contributed by atoms with Gasteiger partial charge in [0.1, 0.15) is 0 Å². The van der Waals surface area contributed by atoms with Gasteiger partial charge in [-0.05, 0) is 26.0 Å². The molecular formula is C14H21N5O2. The number of hydrogen-bond donors (Lipinski definition) is 2. The molecule has 1 aliphatic rings. The number of aryl methyl sites for hydroxylation is 1. The normalized spacial score (nSPS) is 18.6. The average Bonchev–Trinajstić information content (AvgIpc) is 2.53. The van der Waals surface area contributed by atoms with E-state index in [1.165, 1.54) is 0 Å². The van der Waals surface area contributed by atoms with E-state index in [9.17, 15) is 4.79 Å². The minimum atomic E-state index is -0.131. The molecule has 1 fully saturated rings. The van der Waals surface area contributed by atoms with Gasteiger partial charge >= 0.3 is 0 Å². The van der Waals surface area contributed by atoms with E-state index in [-0.39, 0.29) is 17.8 Å². The molecule has 0 radical (unpaired) electrons. The zero-order valence-electron chi connectivity index (χ0n) is 12.4. The summed E-state index contributed by atoms with van der Waals surface area (Å²) < 4.78 is 0. The van der Waals surface area contributed by atoms with Gasteiger partial charge in [0.15, 0.2) is 5.84 Å². The van der Waals surface area contributed by atoms with E-state index in [2.05, 4.69) is 15.0 Å². The highest BCUT2D eigenvalue weighted by atomic mass is 16.4. The Bertz CT molecular complexity index is 521. The summed E-state index contributed by atoms with van der Waals surface area (Å²) in [5.74, 6) is 0.191. The van der Waals surface area contributed by atoms with Crippen LogP contribution in [0.5, 0.6) is 0 Å². The van der Waals surface area contributed by atoms with Gasteiger partial charge in [-0.3, -0.25) is 14.7 Å². The van der Waals surface area contributed by atoms with Crippen LogP contribution in [-0.4, -0.2) is 64.0 Å². The van der Waals surface area contributed by atoms with Crippen LogP contribution in [0.1, 0.15) is 23.0 Å². The fourth-order valence-corrected chi connectivity index (χ4v) is 2.36. The Labute approximate surface area is 124 Å². The molecule has 2 rings (SSSR count). The van der Waals surface area contributed by atoms with Gasteiger partial charge in [0, 0.05) is 38.1 Å². The van der Waals surface area contributed by atoms with Crippen LogP contribution in [0.3, 0.4) is 0 Å². The molecule has 1 saturated heterocycles. The van der Waals surface area contributed by atoms with E-state index in [0.717, 1.165) is 5.69 Å². The number of carbonyl (C=O) groups is 1. The number of nitrogens with two attached hydrogens (primary N) is 1. The SMILES string of the molecule is Cc1ccc(C(=O)N2CCN(C(C)C(N)=NO)CC2)cn1. The smallest absolute Gasteiger partial charge is 0.255 e. The Balaban J connectivity index is 1.94. The minimum absolute atomic E-state index is 0.00130. The molecule has 7 heteroatoms. The van der Waals surface area contributed by atoms with Gasteiger partial charge in [0.05, 0.1) is 11.6 Å². The van der Waals surface area contributed by atoms with Crippen molar-refractivity contribution in [3.8, 4) is 0 Å². The van der Waals surface area contributed by atoms with Crippen molar-refractivity contribution >= 4 is 11.7 Å². The molecule has 0 spiro atoms. The van der Waals surface area contributed by atoms with Gasteiger partial charge in [-0.2, -0.15) is 0 Å². The third kappa shape index (κ3) is 3.49. The summed E-state index contributed by atoms with van der Waals surface area (Å²) in [6.07, 6.45) is 1.61. The quantitative estimate of drug-likeness (QED) is 0.361. The Kier molecular flexibility index (Phi) is 4.74. The van der Waals surface area contributed by atoms with Crippen molar-refractivity contribution < 1.29 is 10.0 Å². The zero-order valence-corrected chi connectivity index (χ0v) is 12.4. The number of nitrogens with zero attached hydrogens (tertiary/aromatic N) is 4. The second-order valence-corrected chi connectivity index (χ2v) is 5.22. The van der Waals surface area contributed by atoms with Crippen LogP contribution in [0.2, 0.25) is 0 Å². The summed E-state index contributed by atoms with van der Waals surface area (Å²) in [5.41, 5.74) is 7.12. The Hall–Kier alpha value is -2.15. The van der Waals surface area contributed by atoms with Gasteiger partial charge in [-0.1, -0.05) is 5.16 Å². The lowest BCUT2D eigenvalue weighted by atomic mass is 10.2. The van der Waals surface area contributed by atoms with E-state index in [0.29, 0.717) is 31.7 Å². The topological polar surface area (TPSA) is 95.1 Å². The molecule has 0 aromatic carbocycles. The lowest BCUT2D eigenvalue weighted by Crippen LogP contribution is -2.54. The number of oxime groups is 1. The van der Waals surface area contributed by atoms with Gasteiger partial charge < -0.3 is 15.8 Å². The molecule has 0 aliphatic carbocycles. The van der Waals surface area contributed by atoms with Crippen LogP contribution in [0.4, 0.5) is 0 Å². The molecule has 3 N–H and O–H groups in total. The Morgan fingerprint density at radius 2 is 2.05 bits per heavy atom. The summed E-state index contributed by atoms with van der Waals surface area (Å²) in [5, 5.41) is 11.7. The third-order valence-corrected chi connectivity index (χ3v) is 3.85. The van der Waals surface area contributed by atoms with Gasteiger partial charge in [-0.15, -0.1) is 0 Å². The third-order valence-electron chi connectivity index (χ3n) is 3.85. The number of rotatable bonds is 3. The van der Waals surface area contributed by atoms with Crippen molar-refractivity contribution in [3.05, 3.63) is 29.6 Å². The minimum Gasteiger partial charge on any atom is -0.409 e. The second kappa shape index (κ2) is 6.53. The molecule has 1 aromatic rings. The number of amides is 1. The van der Waals surface area contributed by atoms with E-state index >= 15 is 0 Å². The van der Waals surface area contributed by atoms with Crippen molar-refractivity contribution in [1.29, 1.82) is 0 Å². The maximum absolute atomic E-state index is 12.4. The monoisotopic (exact) mass is 291 g/mol. The maximum Gasteiger partial charge on any atom is 0.255 e. The first-order chi connectivity index (χ1) is 10.0. The van der Waals surface area contributed by atoms with Crippen LogP contribution in [-0.2, 0) is 0 Å². The van der Waals surface area contributed by atoms with Gasteiger partial charge in [0.2, 0.25) is 0 Å². The second-order valence-electron chi connectivity index (χ2n) is 5.22. The van der Waals surface area contributed by atoms with Gasteiger partial charge in [-0.25, -0.2) is 0 Å². The van der Waals surface area contributed by atoms with Crippen molar-refractivity contribution in [3.63, 3.8) is 0 Å². The Morgan fingerprint density at radius 3 is 2.57 bits per heavy atom. The summed E-state index contributed by atoms with van der Waals surface area (Å²) >= 11 is 0. The highest BCUT2D eigenvalue weighted by Gasteiger charge is 2.26. The average molecular weight is 291 g/mol. The fraction of sp³-hybridized carbons (Fsp3) is 0.500. The summed E-state index contributed by atoms with van der Waals surface area (Å²) in [4.78, 5) is 20.4. The van der Waals surface area contributed by atoms with E-state index in [4.69, 9.17) is 10.9 Å². The highest BCUT2D eigenvalue weighted by molar-refractivity contribution is 5.94. The van der Waals surface area contributed by atoms with E-state index in [1.54, 1.807) is 12.3 Å². The van der Waals surface area contributed by atoms with Crippen LogP contribution < -0.4 is 5.73 Å². The number of aromatic nitrogens is 1. The fourth-order valence-electron chi connectivity index (χ4n) is 2.36. The van der Waals surface area contributed by atoms with Crippen molar-refractivity contribution in [2.24, 2.45) is 10.9 Å². The van der Waals surface area contributed by atoms with Crippen LogP contribution >= 0.6 is 0 Å². The first-order valence-corrected chi connectivity index (χ1v) is 6.96. The zero-order chi connectivity index (χ0) is 15.4. The summed E-state index contributed by atoms with van der Waals surface area (Å²) in [6.45, 7) is 6.41. The standard InChI is InChI=1S/C14H21N5O2/c1-10-3-4-12(9-16-10)14(20)19-7-5-18(6-8-19)11(2)13(15)17-21/h3-4,9,11,21H,5-8H2,1-2H3,(H2,15,17). The number of piperazine rings is 1. The predicted octanol–water partition coefficient (Wildman–Crippen LogP) is 0.283. The molecule has 21 heavy (non-hydrogen) atoms. The van der Waals surface area contributed by atoms with Crippen LogP contribution in [0.25, 0.3) is 0 Å². The molecule has 1 amide bonds. The Morgan fingerprint density at radius 1 is 1.38 bits per heavy atom. The first-order valence-electron chi connectivity index (χ1n) is 6.96. The molecule has 114 valence electrons. The molecule has 1 unspecified atom stereocenters. The molecule has 1 aromatic heterocycles. The van der Waals surface area contributed by atoms with Crippen molar-refractivity contribution in [2.45, 2.75) is 19.9 Å². The first kappa shape index (κ1) is 15.2. The largest absolute Gasteiger partial charge is 0.409 e. The molecule has 1 atom stereocenters. The van der Waals surface area contributed by atoms with Gasteiger partial charge in [0.25, 0.3) is 5.91 Å². The van der Waals surface area contributed by atoms with E-state index in [1.807, 2.05) is 24.8 Å². The maximum atomic E-state index is 12.4. The molecule has 0 bridgehead atoms. The van der Waals surface area contributed by atoms with E-state index < -0.39 is 0 Å². The summed E-state index contributed by atoms with van der Waals surface area (Å²) in [6, 6.07) is 3.51. The molecular weight excluding hydrogens is 270 g/mol. The number of amidine groups is 1. The lowest BCUT2D eigenvalue weighted by molar-refractivity contribution is 0.0618. The van der Waals surface area contributed by atoms with Crippen molar-refractivity contribution in [1.82, 2.24) is 14.8 Å². The molecule has 1 aliphatic heterocycles. The molecule has 2 heterocycles. The van der Waals surface area contributed by atoms with Crippen LogP contribution in [0, 0.1) is 6.92 Å². The van der Waals surface area contributed by atoms with Crippen molar-refractivity contribution in [2.75, 3.05) is 26.2 Å². The number of pyridine rings is 1. The molecule has 7 nitrogen and oxygen atoms in total. The number of carbonyl (C=O) groups excluding carboxylic acids is 1. The predicted molar refractivity (Wildman–Crippen MR) is 79.3 cm³/mol. The number of hydrogen-bond acceptors (Lipinski definition) is 5.